The Morgan fingerprint density at radius 3 is 2.33 bits per heavy atom. The van der Waals surface area contributed by atoms with E-state index in [1.165, 1.54) is 0 Å². The summed E-state index contributed by atoms with van der Waals surface area (Å²) in [5.41, 5.74) is 0.758. The Kier molecular flexibility index (Phi) is 4.82. The van der Waals surface area contributed by atoms with Gasteiger partial charge in [-0.1, -0.05) is 22.9 Å². The second kappa shape index (κ2) is 5.91. The molecule has 0 aromatic heterocycles. The van der Waals surface area contributed by atoms with E-state index in [1.54, 1.807) is 0 Å². The van der Waals surface area contributed by atoms with Crippen molar-refractivity contribution in [3.05, 3.63) is 34.3 Å². The molecule has 0 aliphatic rings. The molecule has 2 nitrogen and oxygen atoms in total. The van der Waals surface area contributed by atoms with E-state index in [9.17, 15) is 4.79 Å². The SMILES string of the molecule is CCCN(CC)C(=O)c1ccc(Br)cc1. The molecule has 15 heavy (non-hydrogen) atoms. The monoisotopic (exact) mass is 269 g/mol. The molecule has 82 valence electrons. The zero-order valence-electron chi connectivity index (χ0n) is 9.16. The lowest BCUT2D eigenvalue weighted by Gasteiger charge is -2.19. The maximum atomic E-state index is 12.0. The topological polar surface area (TPSA) is 20.3 Å². The third-order valence-corrected chi connectivity index (χ3v) is 2.78. The van der Waals surface area contributed by atoms with E-state index in [4.69, 9.17) is 0 Å². The number of nitrogens with zero attached hydrogens (tertiary/aromatic N) is 1. The quantitative estimate of drug-likeness (QED) is 0.821. The van der Waals surface area contributed by atoms with Crippen LogP contribution in [0.4, 0.5) is 0 Å². The number of halogens is 1. The van der Waals surface area contributed by atoms with Crippen molar-refractivity contribution in [2.75, 3.05) is 13.1 Å². The van der Waals surface area contributed by atoms with Crippen LogP contribution in [0.25, 0.3) is 0 Å². The van der Waals surface area contributed by atoms with Crippen molar-refractivity contribution in [3.63, 3.8) is 0 Å². The number of carbonyl (C=O) groups excluding carboxylic acids is 1. The van der Waals surface area contributed by atoms with Gasteiger partial charge in [0, 0.05) is 23.1 Å². The molecule has 1 rings (SSSR count). The minimum absolute atomic E-state index is 0.117. The fraction of sp³-hybridized carbons (Fsp3) is 0.417. The van der Waals surface area contributed by atoms with Crippen LogP contribution < -0.4 is 0 Å². The van der Waals surface area contributed by atoms with Crippen molar-refractivity contribution < 1.29 is 4.79 Å². The highest BCUT2D eigenvalue weighted by Crippen LogP contribution is 2.12. The third-order valence-electron chi connectivity index (χ3n) is 2.25. The first kappa shape index (κ1) is 12.2. The molecule has 1 aromatic carbocycles. The normalized spacial score (nSPS) is 10.1. The zero-order chi connectivity index (χ0) is 11.3. The van der Waals surface area contributed by atoms with Gasteiger partial charge in [0.15, 0.2) is 0 Å². The van der Waals surface area contributed by atoms with Crippen molar-refractivity contribution in [2.45, 2.75) is 20.3 Å². The van der Waals surface area contributed by atoms with Crippen LogP contribution in [0.3, 0.4) is 0 Å². The fourth-order valence-electron chi connectivity index (χ4n) is 1.45. The van der Waals surface area contributed by atoms with Crippen LogP contribution in [0.1, 0.15) is 30.6 Å². The van der Waals surface area contributed by atoms with Gasteiger partial charge in [0.25, 0.3) is 5.91 Å². The van der Waals surface area contributed by atoms with Gasteiger partial charge in [-0.05, 0) is 37.6 Å². The van der Waals surface area contributed by atoms with Crippen LogP contribution in [0.15, 0.2) is 28.7 Å². The summed E-state index contributed by atoms with van der Waals surface area (Å²) in [7, 11) is 0. The summed E-state index contributed by atoms with van der Waals surface area (Å²) >= 11 is 3.35. The number of hydrogen-bond acceptors (Lipinski definition) is 1. The van der Waals surface area contributed by atoms with Crippen LogP contribution in [-0.2, 0) is 0 Å². The van der Waals surface area contributed by atoms with Crippen LogP contribution in [0, 0.1) is 0 Å². The van der Waals surface area contributed by atoms with Gasteiger partial charge in [-0.15, -0.1) is 0 Å². The molecule has 0 heterocycles. The van der Waals surface area contributed by atoms with E-state index in [0.717, 1.165) is 29.5 Å². The van der Waals surface area contributed by atoms with E-state index in [-0.39, 0.29) is 5.91 Å². The molecule has 1 amide bonds. The van der Waals surface area contributed by atoms with Gasteiger partial charge in [-0.2, -0.15) is 0 Å². The first-order chi connectivity index (χ1) is 7.19. The second-order valence-corrected chi connectivity index (χ2v) is 4.31. The molecule has 0 N–H and O–H groups in total. The van der Waals surface area contributed by atoms with E-state index < -0.39 is 0 Å². The van der Waals surface area contributed by atoms with Crippen molar-refractivity contribution in [2.24, 2.45) is 0 Å². The van der Waals surface area contributed by atoms with Crippen LogP contribution in [-0.4, -0.2) is 23.9 Å². The first-order valence-corrected chi connectivity index (χ1v) is 6.03. The van der Waals surface area contributed by atoms with E-state index in [0.29, 0.717) is 0 Å². The number of benzene rings is 1. The molecule has 0 spiro atoms. The smallest absolute Gasteiger partial charge is 0.253 e. The van der Waals surface area contributed by atoms with Crippen molar-refractivity contribution in [3.8, 4) is 0 Å². The van der Waals surface area contributed by atoms with Gasteiger partial charge in [-0.25, -0.2) is 0 Å². The Bertz CT molecular complexity index is 321. The molecule has 0 aliphatic heterocycles. The molecule has 0 saturated carbocycles. The molecule has 1 aromatic rings. The maximum Gasteiger partial charge on any atom is 0.253 e. The van der Waals surface area contributed by atoms with Crippen molar-refractivity contribution in [1.29, 1.82) is 0 Å². The fourth-order valence-corrected chi connectivity index (χ4v) is 1.71. The van der Waals surface area contributed by atoms with Crippen LogP contribution in [0.2, 0.25) is 0 Å². The molecule has 0 saturated heterocycles. The van der Waals surface area contributed by atoms with Crippen LogP contribution in [0.5, 0.6) is 0 Å². The molecule has 3 heteroatoms. The number of amides is 1. The van der Waals surface area contributed by atoms with Crippen molar-refractivity contribution >= 4 is 21.8 Å². The zero-order valence-corrected chi connectivity index (χ0v) is 10.8. The summed E-state index contributed by atoms with van der Waals surface area (Å²) in [5.74, 6) is 0.117. The predicted octanol–water partition coefficient (Wildman–Crippen LogP) is 3.32. The number of rotatable bonds is 4. The Labute approximate surface area is 99.4 Å². The number of carbonyl (C=O) groups is 1. The molecule has 0 radical (unpaired) electrons. The molecular weight excluding hydrogens is 254 g/mol. The van der Waals surface area contributed by atoms with Gasteiger partial charge in [0.1, 0.15) is 0 Å². The van der Waals surface area contributed by atoms with Gasteiger partial charge >= 0.3 is 0 Å². The molecule has 0 fully saturated rings. The molecule has 0 bridgehead atoms. The van der Waals surface area contributed by atoms with Crippen molar-refractivity contribution in [1.82, 2.24) is 4.90 Å². The second-order valence-electron chi connectivity index (χ2n) is 3.39. The standard InChI is InChI=1S/C12H16BrNO/c1-3-9-14(4-2)12(15)10-5-7-11(13)8-6-10/h5-8H,3-4,9H2,1-2H3. The number of hydrogen-bond donors (Lipinski definition) is 0. The largest absolute Gasteiger partial charge is 0.339 e. The highest BCUT2D eigenvalue weighted by Gasteiger charge is 2.12. The minimum atomic E-state index is 0.117. The molecular formula is C12H16BrNO. The van der Waals surface area contributed by atoms with E-state index in [1.807, 2.05) is 36.1 Å². The first-order valence-electron chi connectivity index (χ1n) is 5.23. The van der Waals surface area contributed by atoms with Gasteiger partial charge < -0.3 is 4.90 Å². The Morgan fingerprint density at radius 1 is 1.27 bits per heavy atom. The van der Waals surface area contributed by atoms with E-state index in [2.05, 4.69) is 22.9 Å². The average Bonchev–Trinajstić information content (AvgIpc) is 2.26. The molecule has 0 atom stereocenters. The third kappa shape index (κ3) is 3.34. The summed E-state index contributed by atoms with van der Waals surface area (Å²) < 4.78 is 0.998. The summed E-state index contributed by atoms with van der Waals surface area (Å²) in [5, 5.41) is 0. The summed E-state index contributed by atoms with van der Waals surface area (Å²) in [6.07, 6.45) is 0.996. The Hall–Kier alpha value is -0.830. The lowest BCUT2D eigenvalue weighted by molar-refractivity contribution is 0.0764. The Balaban J connectivity index is 2.78. The van der Waals surface area contributed by atoms with Gasteiger partial charge in [0.2, 0.25) is 0 Å². The predicted molar refractivity (Wildman–Crippen MR) is 66.0 cm³/mol. The summed E-state index contributed by atoms with van der Waals surface area (Å²) in [6, 6.07) is 7.50. The summed E-state index contributed by atoms with van der Waals surface area (Å²) in [4.78, 5) is 13.9. The maximum absolute atomic E-state index is 12.0. The Morgan fingerprint density at radius 2 is 1.87 bits per heavy atom. The lowest BCUT2D eigenvalue weighted by atomic mass is 10.2. The molecule has 0 unspecified atom stereocenters. The molecule has 0 aliphatic carbocycles. The minimum Gasteiger partial charge on any atom is -0.339 e. The van der Waals surface area contributed by atoms with Crippen LogP contribution >= 0.6 is 15.9 Å². The summed E-state index contributed by atoms with van der Waals surface area (Å²) in [6.45, 7) is 5.68. The van der Waals surface area contributed by atoms with Gasteiger partial charge in [0.05, 0.1) is 0 Å². The average molecular weight is 270 g/mol. The lowest BCUT2D eigenvalue weighted by Crippen LogP contribution is -2.31. The highest BCUT2D eigenvalue weighted by atomic mass is 79.9. The van der Waals surface area contributed by atoms with E-state index >= 15 is 0 Å². The van der Waals surface area contributed by atoms with Gasteiger partial charge in [-0.3, -0.25) is 4.79 Å². The highest BCUT2D eigenvalue weighted by molar-refractivity contribution is 9.10.